The number of hydrogen-bond donors (Lipinski definition) is 3. The van der Waals surface area contributed by atoms with E-state index < -0.39 is 0 Å². The van der Waals surface area contributed by atoms with E-state index in [2.05, 4.69) is 17.2 Å². The minimum atomic E-state index is -0.00321. The van der Waals surface area contributed by atoms with Gasteiger partial charge in [0, 0.05) is 12.0 Å². The van der Waals surface area contributed by atoms with Crippen molar-refractivity contribution in [3.63, 3.8) is 0 Å². The van der Waals surface area contributed by atoms with E-state index in [0.717, 1.165) is 25.8 Å². The zero-order valence-electron chi connectivity index (χ0n) is 10.3. The Morgan fingerprint density at radius 3 is 2.62 bits per heavy atom. The van der Waals surface area contributed by atoms with Gasteiger partial charge in [-0.3, -0.25) is 4.99 Å². The molecule has 0 heterocycles. The molecule has 4 nitrogen and oxygen atoms in total. The number of nitrogens with zero attached hydrogens (tertiary/aromatic N) is 1. The number of hydrogen-bond acceptors (Lipinski definition) is 2. The third kappa shape index (κ3) is 4.00. The number of aliphatic hydroxyl groups excluding tert-OH is 1. The Bertz CT molecular complexity index is 222. The second-order valence-corrected chi connectivity index (χ2v) is 4.85. The summed E-state index contributed by atoms with van der Waals surface area (Å²) in [5.74, 6) is 0.514. The van der Waals surface area contributed by atoms with Crippen LogP contribution in [0, 0.1) is 5.41 Å². The van der Waals surface area contributed by atoms with Gasteiger partial charge in [-0.05, 0) is 19.3 Å². The van der Waals surface area contributed by atoms with E-state index in [1.807, 2.05) is 0 Å². The highest BCUT2D eigenvalue weighted by Gasteiger charge is 2.31. The molecule has 0 spiro atoms. The van der Waals surface area contributed by atoms with Crippen LogP contribution in [0.25, 0.3) is 0 Å². The predicted octanol–water partition coefficient (Wildman–Crippen LogP) is 1.24. The van der Waals surface area contributed by atoms with Gasteiger partial charge in [0.15, 0.2) is 5.96 Å². The summed E-state index contributed by atoms with van der Waals surface area (Å²) in [6, 6.07) is 0. The van der Waals surface area contributed by atoms with Gasteiger partial charge in [0.05, 0.1) is 13.2 Å². The Morgan fingerprint density at radius 1 is 1.38 bits per heavy atom. The summed E-state index contributed by atoms with van der Waals surface area (Å²) in [6.45, 7) is 3.85. The molecule has 1 fully saturated rings. The lowest BCUT2D eigenvalue weighted by atomic mass is 9.75. The molecule has 16 heavy (non-hydrogen) atoms. The van der Waals surface area contributed by atoms with Crippen molar-refractivity contribution in [2.75, 3.05) is 19.7 Å². The van der Waals surface area contributed by atoms with Crippen molar-refractivity contribution in [1.29, 1.82) is 0 Å². The van der Waals surface area contributed by atoms with Crippen molar-refractivity contribution in [2.45, 2.75) is 45.4 Å². The van der Waals surface area contributed by atoms with Gasteiger partial charge in [0.1, 0.15) is 0 Å². The number of guanidine groups is 1. The smallest absolute Gasteiger partial charge is 0.188 e. The Kier molecular flexibility index (Phi) is 5.60. The number of rotatable bonds is 5. The molecule has 0 amide bonds. The second kappa shape index (κ2) is 6.74. The maximum atomic E-state index is 9.50. The molecule has 94 valence electrons. The highest BCUT2D eigenvalue weighted by Crippen LogP contribution is 2.35. The molecule has 0 bridgehead atoms. The largest absolute Gasteiger partial charge is 0.396 e. The quantitative estimate of drug-likeness (QED) is 0.489. The molecule has 1 rings (SSSR count). The number of aliphatic hydroxyl groups is 1. The average molecular weight is 227 g/mol. The molecule has 4 heteroatoms. The summed E-state index contributed by atoms with van der Waals surface area (Å²) in [4.78, 5) is 4.35. The second-order valence-electron chi connectivity index (χ2n) is 4.85. The van der Waals surface area contributed by atoms with Crippen LogP contribution < -0.4 is 11.1 Å². The lowest BCUT2D eigenvalue weighted by molar-refractivity contribution is 0.0907. The van der Waals surface area contributed by atoms with Crippen LogP contribution in [0.4, 0.5) is 0 Å². The van der Waals surface area contributed by atoms with Crippen LogP contribution in [-0.2, 0) is 0 Å². The minimum absolute atomic E-state index is 0.00321. The summed E-state index contributed by atoms with van der Waals surface area (Å²) in [7, 11) is 0. The lowest BCUT2D eigenvalue weighted by Gasteiger charge is -2.34. The van der Waals surface area contributed by atoms with E-state index in [1.165, 1.54) is 19.3 Å². The molecule has 4 N–H and O–H groups in total. The predicted molar refractivity (Wildman–Crippen MR) is 67.4 cm³/mol. The van der Waals surface area contributed by atoms with E-state index in [-0.39, 0.29) is 12.0 Å². The molecule has 0 aliphatic heterocycles. The zero-order chi connectivity index (χ0) is 11.9. The molecule has 1 aliphatic carbocycles. The summed E-state index contributed by atoms with van der Waals surface area (Å²) < 4.78 is 0. The van der Waals surface area contributed by atoms with Gasteiger partial charge < -0.3 is 16.2 Å². The molecular formula is C12H25N3O. The highest BCUT2D eigenvalue weighted by atomic mass is 16.3. The minimum Gasteiger partial charge on any atom is -0.396 e. The van der Waals surface area contributed by atoms with E-state index in [0.29, 0.717) is 12.5 Å². The van der Waals surface area contributed by atoms with Gasteiger partial charge in [-0.25, -0.2) is 0 Å². The fourth-order valence-electron chi connectivity index (χ4n) is 2.23. The van der Waals surface area contributed by atoms with Crippen LogP contribution in [0.3, 0.4) is 0 Å². The SMILES string of the molecule is CCCNC(N)=NCC1(CO)CCCCC1. The third-order valence-corrected chi connectivity index (χ3v) is 3.39. The summed E-state index contributed by atoms with van der Waals surface area (Å²) in [5, 5.41) is 12.6. The molecule has 0 atom stereocenters. The first-order chi connectivity index (χ1) is 7.72. The zero-order valence-corrected chi connectivity index (χ0v) is 10.3. The standard InChI is InChI=1S/C12H25N3O/c1-2-8-14-11(13)15-9-12(10-16)6-4-3-5-7-12/h16H,2-10H2,1H3,(H3,13,14,15). The summed E-state index contributed by atoms with van der Waals surface area (Å²) in [6.07, 6.45) is 6.90. The molecule has 1 saturated carbocycles. The fraction of sp³-hybridized carbons (Fsp3) is 0.917. The Hall–Kier alpha value is -0.770. The first-order valence-corrected chi connectivity index (χ1v) is 6.37. The monoisotopic (exact) mass is 227 g/mol. The van der Waals surface area contributed by atoms with Gasteiger partial charge in [-0.15, -0.1) is 0 Å². The van der Waals surface area contributed by atoms with Gasteiger partial charge in [-0.2, -0.15) is 0 Å². The van der Waals surface area contributed by atoms with Crippen LogP contribution in [0.5, 0.6) is 0 Å². The van der Waals surface area contributed by atoms with Crippen molar-refractivity contribution in [2.24, 2.45) is 16.1 Å². The van der Waals surface area contributed by atoms with Crippen LogP contribution in [0.2, 0.25) is 0 Å². The number of nitrogens with one attached hydrogen (secondary N) is 1. The van der Waals surface area contributed by atoms with Crippen LogP contribution >= 0.6 is 0 Å². The van der Waals surface area contributed by atoms with Crippen molar-refractivity contribution < 1.29 is 5.11 Å². The molecule has 0 aromatic heterocycles. The van der Waals surface area contributed by atoms with Gasteiger partial charge >= 0.3 is 0 Å². The van der Waals surface area contributed by atoms with Gasteiger partial charge in [0.25, 0.3) is 0 Å². The van der Waals surface area contributed by atoms with Gasteiger partial charge in [-0.1, -0.05) is 26.2 Å². The van der Waals surface area contributed by atoms with Crippen LogP contribution in [0.15, 0.2) is 4.99 Å². The molecule has 1 aliphatic rings. The summed E-state index contributed by atoms with van der Waals surface area (Å²) >= 11 is 0. The molecule has 0 unspecified atom stereocenters. The van der Waals surface area contributed by atoms with E-state index in [4.69, 9.17) is 5.73 Å². The molecule has 0 saturated heterocycles. The van der Waals surface area contributed by atoms with Crippen molar-refractivity contribution >= 4 is 5.96 Å². The third-order valence-electron chi connectivity index (χ3n) is 3.39. The molecule has 0 aromatic rings. The Morgan fingerprint density at radius 2 is 2.06 bits per heavy atom. The fourth-order valence-corrected chi connectivity index (χ4v) is 2.23. The first-order valence-electron chi connectivity index (χ1n) is 6.37. The van der Waals surface area contributed by atoms with Crippen molar-refractivity contribution in [3.05, 3.63) is 0 Å². The molecule has 0 radical (unpaired) electrons. The maximum Gasteiger partial charge on any atom is 0.188 e. The van der Waals surface area contributed by atoms with E-state index in [1.54, 1.807) is 0 Å². The normalized spacial score (nSPS) is 20.8. The van der Waals surface area contributed by atoms with Crippen molar-refractivity contribution in [3.8, 4) is 0 Å². The number of nitrogens with two attached hydrogens (primary N) is 1. The lowest BCUT2D eigenvalue weighted by Crippen LogP contribution is -2.36. The van der Waals surface area contributed by atoms with E-state index >= 15 is 0 Å². The highest BCUT2D eigenvalue weighted by molar-refractivity contribution is 5.77. The summed E-state index contributed by atoms with van der Waals surface area (Å²) in [5.41, 5.74) is 5.74. The number of aliphatic imine (C=N–C) groups is 1. The van der Waals surface area contributed by atoms with Gasteiger partial charge in [0.2, 0.25) is 0 Å². The Balaban J connectivity index is 2.43. The molecular weight excluding hydrogens is 202 g/mol. The molecule has 0 aromatic carbocycles. The van der Waals surface area contributed by atoms with Crippen LogP contribution in [0.1, 0.15) is 45.4 Å². The maximum absolute atomic E-state index is 9.50. The van der Waals surface area contributed by atoms with Crippen molar-refractivity contribution in [1.82, 2.24) is 5.32 Å². The average Bonchev–Trinajstić information content (AvgIpc) is 2.35. The topological polar surface area (TPSA) is 70.6 Å². The van der Waals surface area contributed by atoms with E-state index in [9.17, 15) is 5.11 Å². The van der Waals surface area contributed by atoms with Crippen LogP contribution in [-0.4, -0.2) is 30.8 Å². The Labute approximate surface area is 98.3 Å². The first kappa shape index (κ1) is 13.3.